The second kappa shape index (κ2) is 34.4. The number of nitrogens with one attached hydrogen (secondary N) is 8. The summed E-state index contributed by atoms with van der Waals surface area (Å²) in [6.45, 7) is 34.5. The highest BCUT2D eigenvalue weighted by molar-refractivity contribution is 8.00. The molecule has 526 valence electrons. The summed E-state index contributed by atoms with van der Waals surface area (Å²) in [7, 11) is 0. The highest BCUT2D eigenvalue weighted by atomic mass is 32.2. The van der Waals surface area contributed by atoms with Crippen LogP contribution in [0.1, 0.15) is 208 Å². The number of rotatable bonds is 30. The Morgan fingerprint density at radius 2 is 0.691 bits per heavy atom. The largest absolute Gasteiger partial charge is 0.378 e. The lowest BCUT2D eigenvalue weighted by Gasteiger charge is -2.21. The Labute approximate surface area is 581 Å². The molecule has 4 fully saturated rings. The minimum absolute atomic E-state index is 0.0145. The van der Waals surface area contributed by atoms with E-state index >= 15 is 0 Å². The van der Waals surface area contributed by atoms with E-state index in [1.165, 1.54) is 0 Å². The summed E-state index contributed by atoms with van der Waals surface area (Å²) in [6, 6.07) is 2.35. The summed E-state index contributed by atoms with van der Waals surface area (Å²) in [5.41, 5.74) is 16.5. The van der Waals surface area contributed by atoms with Crippen LogP contribution in [0.25, 0.3) is 0 Å². The first-order valence-electron chi connectivity index (χ1n) is 34.1. The van der Waals surface area contributed by atoms with E-state index in [0.29, 0.717) is 105 Å². The van der Waals surface area contributed by atoms with Crippen LogP contribution in [0.15, 0.2) is 6.07 Å². The third kappa shape index (κ3) is 17.9. The van der Waals surface area contributed by atoms with Gasteiger partial charge >= 0.3 is 12.1 Å². The average Bonchev–Trinajstić information content (AvgIpc) is 1.55. The van der Waals surface area contributed by atoms with Crippen molar-refractivity contribution in [2.45, 2.75) is 204 Å². The predicted molar refractivity (Wildman–Crippen MR) is 384 cm³/mol. The van der Waals surface area contributed by atoms with Gasteiger partial charge in [-0.3, -0.25) is 38.4 Å². The number of ketones is 4. The predicted octanol–water partition coefficient (Wildman–Crippen LogP) is 9.92. The first kappa shape index (κ1) is 77.0. The van der Waals surface area contributed by atoms with Gasteiger partial charge in [-0.15, -0.1) is 0 Å². The smallest absolute Gasteiger partial charge is 0.315 e. The first-order valence-corrected chi connectivity index (χ1v) is 36.2. The van der Waals surface area contributed by atoms with E-state index in [1.54, 1.807) is 26.8 Å². The number of aryl methyl sites for hydroxylation is 1. The highest BCUT2D eigenvalue weighted by Crippen LogP contribution is 2.36. The Morgan fingerprint density at radius 1 is 0.381 bits per heavy atom. The fourth-order valence-electron chi connectivity index (χ4n) is 13.9. The lowest BCUT2D eigenvalue weighted by Crippen LogP contribution is -2.36. The number of hydrogen-bond donors (Lipinski definition) is 8. The third-order valence-electron chi connectivity index (χ3n) is 20.9. The van der Waals surface area contributed by atoms with E-state index in [4.69, 9.17) is 9.47 Å². The Hall–Kier alpha value is -7.40. The molecule has 20 nitrogen and oxygen atoms in total. The number of benzene rings is 4. The van der Waals surface area contributed by atoms with Gasteiger partial charge in [0, 0.05) is 94.4 Å². The van der Waals surface area contributed by atoms with Crippen LogP contribution in [0.4, 0.5) is 9.59 Å². The fourth-order valence-corrected chi connectivity index (χ4v) is 17.0. The molecule has 97 heavy (non-hydrogen) atoms. The summed E-state index contributed by atoms with van der Waals surface area (Å²) in [4.78, 5) is 129. The molecule has 6 atom stereocenters. The van der Waals surface area contributed by atoms with Crippen molar-refractivity contribution >= 4 is 82.3 Å². The minimum atomic E-state index is -0.619. The lowest BCUT2D eigenvalue weighted by molar-refractivity contribution is -0.122. The maximum atomic E-state index is 13.8. The van der Waals surface area contributed by atoms with Crippen molar-refractivity contribution in [2.24, 2.45) is 0 Å². The van der Waals surface area contributed by atoms with Crippen LogP contribution in [0.5, 0.6) is 0 Å². The summed E-state index contributed by atoms with van der Waals surface area (Å²) >= 11 is 3.76. The maximum absolute atomic E-state index is 13.8. The van der Waals surface area contributed by atoms with Crippen LogP contribution in [-0.2, 0) is 19.1 Å². The number of Topliss-reactive ketones (excluding diaryl/α,β-unsaturated/α-hetero) is 4. The van der Waals surface area contributed by atoms with E-state index in [1.807, 2.05) is 120 Å². The van der Waals surface area contributed by atoms with Gasteiger partial charge in [-0.1, -0.05) is 12.8 Å². The van der Waals surface area contributed by atoms with Crippen LogP contribution in [0, 0.1) is 118 Å². The number of amides is 8. The second-order valence-corrected chi connectivity index (χ2v) is 29.1. The normalized spacial score (nSPS) is 18.2. The van der Waals surface area contributed by atoms with Gasteiger partial charge in [0.25, 0.3) is 11.8 Å². The van der Waals surface area contributed by atoms with Crippen molar-refractivity contribution in [3.8, 4) is 0 Å². The van der Waals surface area contributed by atoms with Crippen LogP contribution in [-0.4, -0.2) is 158 Å². The van der Waals surface area contributed by atoms with Gasteiger partial charge in [-0.05, 0) is 244 Å². The minimum Gasteiger partial charge on any atom is -0.378 e. The van der Waals surface area contributed by atoms with Gasteiger partial charge in [-0.25, -0.2) is 9.59 Å². The summed E-state index contributed by atoms with van der Waals surface area (Å²) in [6.07, 6.45) is 6.29. The molecular weight excluding hydrogens is 1270 g/mol. The Bertz CT molecular complexity index is 3680. The fraction of sp³-hybridized carbons (Fsp3) is 0.547. The Balaban J connectivity index is 0.000000273. The third-order valence-corrected chi connectivity index (χ3v) is 23.9. The van der Waals surface area contributed by atoms with Crippen molar-refractivity contribution in [3.63, 3.8) is 0 Å². The summed E-state index contributed by atoms with van der Waals surface area (Å²) in [5, 5.41) is 24.2. The van der Waals surface area contributed by atoms with Crippen molar-refractivity contribution in [3.05, 3.63) is 134 Å². The van der Waals surface area contributed by atoms with E-state index in [-0.39, 0.29) is 91.7 Å². The molecule has 4 aromatic carbocycles. The van der Waals surface area contributed by atoms with Crippen LogP contribution in [0.2, 0.25) is 0 Å². The number of urea groups is 2. The quantitative estimate of drug-likeness (QED) is 0.0104. The van der Waals surface area contributed by atoms with Crippen molar-refractivity contribution in [2.75, 3.05) is 64.1 Å². The van der Waals surface area contributed by atoms with E-state index in [9.17, 15) is 47.9 Å². The van der Waals surface area contributed by atoms with Crippen molar-refractivity contribution in [1.82, 2.24) is 42.5 Å². The van der Waals surface area contributed by atoms with Crippen LogP contribution >= 0.6 is 23.5 Å². The highest BCUT2D eigenvalue weighted by Gasteiger charge is 2.44. The molecule has 4 heterocycles. The molecular formula is C75H102N8O12S2. The molecule has 0 bridgehead atoms. The number of ether oxygens (including phenoxy) is 2. The molecule has 0 aromatic heterocycles. The molecule has 8 N–H and O–H groups in total. The summed E-state index contributed by atoms with van der Waals surface area (Å²) in [5.74, 6) is -1.02. The zero-order chi connectivity index (χ0) is 71.4. The number of carbonyl (C=O) groups is 10. The number of unbranched alkanes of at least 4 members (excludes halogenated alkanes) is 2. The summed E-state index contributed by atoms with van der Waals surface area (Å²) < 4.78 is 11.2. The van der Waals surface area contributed by atoms with Crippen LogP contribution < -0.4 is 42.5 Å². The molecule has 8 rings (SSSR count). The second-order valence-electron chi connectivity index (χ2n) is 26.6. The molecule has 4 saturated heterocycles. The van der Waals surface area contributed by atoms with E-state index in [0.717, 1.165) is 117 Å². The molecule has 4 aromatic rings. The number of carbonyl (C=O) groups excluding carboxylic acids is 10. The van der Waals surface area contributed by atoms with Gasteiger partial charge in [0.1, 0.15) is 0 Å². The standard InChI is InChI=1S/C38H52N4O6S.C37H50N4O6S/c1-19-20(2)22(4)31(23(5)21(19)3)35(44)36(45)32-24(6)26(8)33(27(9)25(32)7)37(46)40-15-17-48-16-14-39-30(43)13-11-10-12-29-34-28(18-49-29)41-38(47)42-34;1-19-17-27(34(43)35(44)31-24(6)22(4)21(3)23(5)25(31)7)26(8)32(20(19)2)36(45)39-14-16-47-15-13-38-30(42)12-10-9-11-29-33-28(18-48-29)40-37(46)41-33/h28-29,34H,10-18H2,1-9H3,(H,39,43)(H,40,46)(H2,41,42,47);17,28-29,33H,9-16,18H2,1-8H3,(H,38,42)(H,39,45)(H2,40,41,46). The lowest BCUT2D eigenvalue weighted by atomic mass is 9.82. The van der Waals surface area contributed by atoms with Gasteiger partial charge in [0.2, 0.25) is 34.9 Å². The van der Waals surface area contributed by atoms with E-state index < -0.39 is 23.1 Å². The topological polar surface area (TPSA) is 285 Å². The van der Waals surface area contributed by atoms with Gasteiger partial charge in [-0.2, -0.15) is 23.5 Å². The van der Waals surface area contributed by atoms with E-state index in [2.05, 4.69) is 42.5 Å². The molecule has 22 heteroatoms. The molecule has 4 aliphatic heterocycles. The molecule has 0 radical (unpaired) electrons. The maximum Gasteiger partial charge on any atom is 0.315 e. The SMILES string of the molecule is Cc1c(C)c(C)c(C(=O)C(=O)c2c(C)c(C)c(C(=O)NCCOCCNC(=O)CCCCC3SCC4NC(=O)NC43)c(C)c2C)c(C)c1C.Cc1cc(C(=O)C(=O)c2c(C)c(C)c(C)c(C)c2C)c(C)c(C(=O)NCCOCCNC(=O)CCCCC2SCC3NC(=O)NC32)c1C. The van der Waals surface area contributed by atoms with Gasteiger partial charge in [0.15, 0.2) is 0 Å². The van der Waals surface area contributed by atoms with Gasteiger partial charge in [0.05, 0.1) is 50.6 Å². The molecule has 6 unspecified atom stereocenters. The molecule has 0 saturated carbocycles. The number of fused-ring (bicyclic) bond motifs is 2. The molecule has 4 aliphatic rings. The number of thioether (sulfide) groups is 2. The Morgan fingerprint density at radius 3 is 1.06 bits per heavy atom. The van der Waals surface area contributed by atoms with Crippen molar-refractivity contribution < 1.29 is 57.4 Å². The Kier molecular flexibility index (Phi) is 27.3. The first-order chi connectivity index (χ1) is 45.9. The molecule has 0 aliphatic carbocycles. The zero-order valence-electron chi connectivity index (χ0n) is 60.0. The molecule has 0 spiro atoms. The molecule has 8 amide bonds. The van der Waals surface area contributed by atoms with Crippen LogP contribution in [0.3, 0.4) is 0 Å². The van der Waals surface area contributed by atoms with Crippen molar-refractivity contribution in [1.29, 1.82) is 0 Å². The monoisotopic (exact) mass is 1370 g/mol. The zero-order valence-corrected chi connectivity index (χ0v) is 61.6. The number of hydrogen-bond acceptors (Lipinski definition) is 14. The average molecular weight is 1370 g/mol. The van der Waals surface area contributed by atoms with Gasteiger partial charge < -0.3 is 52.0 Å².